The van der Waals surface area contributed by atoms with Gasteiger partial charge in [-0.3, -0.25) is 10.1 Å². The van der Waals surface area contributed by atoms with E-state index in [0.717, 1.165) is 6.20 Å². The van der Waals surface area contributed by atoms with Crippen molar-refractivity contribution in [3.05, 3.63) is 60.9 Å². The predicted molar refractivity (Wildman–Crippen MR) is 86.0 cm³/mol. The van der Waals surface area contributed by atoms with Crippen LogP contribution >= 0.6 is 27.3 Å². The molecule has 0 unspecified atom stereocenters. The van der Waals surface area contributed by atoms with Gasteiger partial charge in [-0.15, -0.1) is 11.3 Å². The van der Waals surface area contributed by atoms with Crippen molar-refractivity contribution in [2.75, 3.05) is 7.11 Å². The zero-order valence-electron chi connectivity index (χ0n) is 11.3. The zero-order valence-corrected chi connectivity index (χ0v) is 13.7. The van der Waals surface area contributed by atoms with E-state index in [4.69, 9.17) is 9.47 Å². The lowest BCUT2D eigenvalue weighted by Crippen LogP contribution is -2.08. The molecule has 0 amide bonds. The first-order valence-corrected chi connectivity index (χ1v) is 7.63. The number of methoxy groups -OCH3 is 1. The van der Waals surface area contributed by atoms with Crippen molar-refractivity contribution < 1.29 is 19.2 Å². The summed E-state index contributed by atoms with van der Waals surface area (Å²) in [5, 5.41) is 12.1. The van der Waals surface area contributed by atoms with Gasteiger partial charge in [-0.1, -0.05) is 6.07 Å². The lowest BCUT2D eigenvalue weighted by molar-refractivity contribution is -0.400. The van der Waals surface area contributed by atoms with Crippen LogP contribution in [0.1, 0.15) is 15.2 Å². The van der Waals surface area contributed by atoms with E-state index in [1.807, 2.05) is 0 Å². The fourth-order valence-corrected chi connectivity index (χ4v) is 2.76. The lowest BCUT2D eigenvalue weighted by Gasteiger charge is -2.11. The highest BCUT2D eigenvalue weighted by Crippen LogP contribution is 2.37. The van der Waals surface area contributed by atoms with Crippen LogP contribution in [0.25, 0.3) is 6.08 Å². The third kappa shape index (κ3) is 3.92. The molecule has 22 heavy (non-hydrogen) atoms. The van der Waals surface area contributed by atoms with Crippen LogP contribution in [-0.4, -0.2) is 18.0 Å². The Hall–Kier alpha value is -2.19. The summed E-state index contributed by atoms with van der Waals surface area (Å²) in [6.45, 7) is 0. The Bertz CT molecular complexity index is 727. The first kappa shape index (κ1) is 16.2. The van der Waals surface area contributed by atoms with E-state index in [2.05, 4.69) is 15.9 Å². The van der Waals surface area contributed by atoms with Crippen LogP contribution in [0.2, 0.25) is 0 Å². The van der Waals surface area contributed by atoms with Crippen LogP contribution in [0, 0.1) is 10.1 Å². The van der Waals surface area contributed by atoms with Crippen LogP contribution in [0.5, 0.6) is 11.5 Å². The van der Waals surface area contributed by atoms with Gasteiger partial charge in [0.25, 0.3) is 0 Å². The molecule has 1 heterocycles. The van der Waals surface area contributed by atoms with Crippen LogP contribution in [0.4, 0.5) is 0 Å². The van der Waals surface area contributed by atoms with Crippen molar-refractivity contribution in [3.8, 4) is 11.5 Å². The molecule has 0 spiro atoms. The highest BCUT2D eigenvalue weighted by atomic mass is 79.9. The number of halogens is 1. The Morgan fingerprint density at radius 1 is 1.45 bits per heavy atom. The monoisotopic (exact) mass is 383 g/mol. The first-order chi connectivity index (χ1) is 10.5. The molecule has 0 aliphatic heterocycles. The Balaban J connectivity index is 2.31. The highest BCUT2D eigenvalue weighted by Gasteiger charge is 2.17. The zero-order chi connectivity index (χ0) is 16.1. The Kier molecular flexibility index (Phi) is 5.29. The number of hydrogen-bond donors (Lipinski definition) is 0. The minimum absolute atomic E-state index is 0.221. The second kappa shape index (κ2) is 7.19. The van der Waals surface area contributed by atoms with Crippen molar-refractivity contribution in [2.45, 2.75) is 0 Å². The number of nitrogens with zero attached hydrogens (tertiary/aromatic N) is 1. The fraction of sp³-hybridized carbons (Fsp3) is 0.0714. The Morgan fingerprint density at radius 2 is 2.23 bits per heavy atom. The van der Waals surface area contributed by atoms with E-state index < -0.39 is 10.9 Å². The molecule has 8 heteroatoms. The number of thiophene rings is 1. The first-order valence-electron chi connectivity index (χ1n) is 5.96. The van der Waals surface area contributed by atoms with Crippen LogP contribution < -0.4 is 9.47 Å². The van der Waals surface area contributed by atoms with Gasteiger partial charge in [0, 0.05) is 6.08 Å². The Morgan fingerprint density at radius 3 is 2.82 bits per heavy atom. The molecule has 0 fully saturated rings. The SMILES string of the molecule is COc1cc(/C=C/[N+](=O)[O-])cc(Br)c1OC(=O)c1cccs1. The molecule has 2 rings (SSSR count). The van der Waals surface area contributed by atoms with E-state index in [1.54, 1.807) is 29.6 Å². The minimum Gasteiger partial charge on any atom is -0.493 e. The number of benzene rings is 1. The third-order valence-electron chi connectivity index (χ3n) is 2.56. The van der Waals surface area contributed by atoms with Gasteiger partial charge >= 0.3 is 5.97 Å². The Labute approximate surface area is 138 Å². The van der Waals surface area contributed by atoms with Gasteiger partial charge < -0.3 is 9.47 Å². The molecule has 0 N–H and O–H groups in total. The summed E-state index contributed by atoms with van der Waals surface area (Å²) >= 11 is 4.55. The van der Waals surface area contributed by atoms with Crippen molar-refractivity contribution in [1.82, 2.24) is 0 Å². The summed E-state index contributed by atoms with van der Waals surface area (Å²) in [6.07, 6.45) is 2.14. The average Bonchev–Trinajstić information content (AvgIpc) is 3.01. The van der Waals surface area contributed by atoms with Gasteiger partial charge in [0.1, 0.15) is 4.88 Å². The van der Waals surface area contributed by atoms with Gasteiger partial charge in [0.15, 0.2) is 11.5 Å². The number of nitro groups is 1. The van der Waals surface area contributed by atoms with Crippen molar-refractivity contribution in [3.63, 3.8) is 0 Å². The van der Waals surface area contributed by atoms with Crippen LogP contribution in [0.15, 0.2) is 40.3 Å². The summed E-state index contributed by atoms with van der Waals surface area (Å²) in [7, 11) is 1.42. The quantitative estimate of drug-likeness (QED) is 0.337. The number of ether oxygens (including phenoxy) is 2. The van der Waals surface area contributed by atoms with Crippen molar-refractivity contribution >= 4 is 39.3 Å². The van der Waals surface area contributed by atoms with E-state index in [1.165, 1.54) is 24.5 Å². The highest BCUT2D eigenvalue weighted by molar-refractivity contribution is 9.10. The van der Waals surface area contributed by atoms with Crippen LogP contribution in [0.3, 0.4) is 0 Å². The maximum Gasteiger partial charge on any atom is 0.353 e. The molecule has 0 saturated heterocycles. The van der Waals surface area contributed by atoms with E-state index in [0.29, 0.717) is 20.7 Å². The molecule has 0 radical (unpaired) electrons. The topological polar surface area (TPSA) is 78.7 Å². The molecular weight excluding hydrogens is 374 g/mol. The molecule has 1 aromatic carbocycles. The molecule has 114 valence electrons. The van der Waals surface area contributed by atoms with Crippen LogP contribution in [-0.2, 0) is 0 Å². The van der Waals surface area contributed by atoms with Gasteiger partial charge in [-0.05, 0) is 45.1 Å². The number of carbonyl (C=O) groups excluding carboxylic acids is 1. The maximum atomic E-state index is 12.0. The second-order valence-corrected chi connectivity index (χ2v) is 5.80. The molecule has 6 nitrogen and oxygen atoms in total. The molecule has 0 atom stereocenters. The number of hydrogen-bond acceptors (Lipinski definition) is 6. The summed E-state index contributed by atoms with van der Waals surface area (Å²) < 4.78 is 11.0. The summed E-state index contributed by atoms with van der Waals surface area (Å²) in [5.41, 5.74) is 0.538. The largest absolute Gasteiger partial charge is 0.493 e. The molecule has 2 aromatic rings. The predicted octanol–water partition coefficient (Wildman–Crippen LogP) is 3.99. The van der Waals surface area contributed by atoms with Crippen molar-refractivity contribution in [2.24, 2.45) is 0 Å². The third-order valence-corrected chi connectivity index (χ3v) is 4.00. The van der Waals surface area contributed by atoms with Gasteiger partial charge in [-0.25, -0.2) is 4.79 Å². The normalized spacial score (nSPS) is 10.6. The summed E-state index contributed by atoms with van der Waals surface area (Å²) in [5.74, 6) is 0.0176. The molecule has 0 saturated carbocycles. The van der Waals surface area contributed by atoms with Gasteiger partial charge in [0.05, 0.1) is 16.5 Å². The standard InChI is InChI=1S/C14H10BrNO5S/c1-20-11-8-9(4-5-16(18)19)7-10(15)13(11)21-14(17)12-3-2-6-22-12/h2-8H,1H3/b5-4+. The molecule has 0 aliphatic carbocycles. The fourth-order valence-electron chi connectivity index (χ4n) is 1.62. The smallest absolute Gasteiger partial charge is 0.353 e. The molecular formula is C14H10BrNO5S. The molecule has 0 bridgehead atoms. The van der Waals surface area contributed by atoms with E-state index >= 15 is 0 Å². The molecule has 1 aromatic heterocycles. The lowest BCUT2D eigenvalue weighted by atomic mass is 10.2. The van der Waals surface area contributed by atoms with Crippen molar-refractivity contribution in [1.29, 1.82) is 0 Å². The van der Waals surface area contributed by atoms with Gasteiger partial charge in [0.2, 0.25) is 6.20 Å². The number of esters is 1. The number of rotatable bonds is 5. The summed E-state index contributed by atoms with van der Waals surface area (Å²) in [6, 6.07) is 6.54. The second-order valence-electron chi connectivity index (χ2n) is 4.00. The summed E-state index contributed by atoms with van der Waals surface area (Å²) in [4.78, 5) is 22.3. The number of carbonyl (C=O) groups is 1. The average molecular weight is 384 g/mol. The van der Waals surface area contributed by atoms with Gasteiger partial charge in [-0.2, -0.15) is 0 Å². The minimum atomic E-state index is -0.564. The van der Waals surface area contributed by atoms with E-state index in [-0.39, 0.29) is 5.75 Å². The van der Waals surface area contributed by atoms with E-state index in [9.17, 15) is 14.9 Å². The maximum absolute atomic E-state index is 12.0. The molecule has 0 aliphatic rings.